The van der Waals surface area contributed by atoms with Crippen molar-refractivity contribution in [1.29, 1.82) is 0 Å². The molecule has 1 rings (SSSR count). The first-order valence-electron chi connectivity index (χ1n) is 4.43. The molecular formula is C10H12O4. The number of hydrogen-bond acceptors (Lipinski definition) is 4. The third kappa shape index (κ3) is 2.73. The molecule has 0 radical (unpaired) electrons. The lowest BCUT2D eigenvalue weighted by atomic mass is 10.1. The average Bonchev–Trinajstić information content (AvgIpc) is 2.54. The summed E-state index contributed by atoms with van der Waals surface area (Å²) in [4.78, 5) is 20.7. The molecule has 76 valence electrons. The monoisotopic (exact) mass is 196 g/mol. The van der Waals surface area contributed by atoms with Crippen molar-refractivity contribution in [2.24, 2.45) is 0 Å². The molecule has 0 aromatic rings. The molecule has 0 N–H and O–H groups in total. The molecule has 1 saturated heterocycles. The topological polar surface area (TPSA) is 52.6 Å². The highest BCUT2D eigenvalue weighted by Gasteiger charge is 2.32. The summed E-state index contributed by atoms with van der Waals surface area (Å²) in [5.74, 6) is 0. The Morgan fingerprint density at radius 1 is 1.29 bits per heavy atom. The number of ether oxygens (including phenoxy) is 2. The van der Waals surface area contributed by atoms with Crippen molar-refractivity contribution in [3.05, 3.63) is 24.3 Å². The summed E-state index contributed by atoms with van der Waals surface area (Å²) in [5, 5.41) is 0. The van der Waals surface area contributed by atoms with Gasteiger partial charge in [0.15, 0.2) is 6.10 Å². The van der Waals surface area contributed by atoms with E-state index in [0.717, 1.165) is 0 Å². The molecule has 1 heterocycles. The molecule has 4 heteroatoms. The predicted octanol–water partition coefficient (Wildman–Crippen LogP) is 1.61. The Bertz CT molecular complexity index is 267. The number of hydrogen-bond donors (Lipinski definition) is 0. The van der Waals surface area contributed by atoms with Crippen molar-refractivity contribution < 1.29 is 19.1 Å². The van der Waals surface area contributed by atoms with Crippen LogP contribution in [0.1, 0.15) is 13.3 Å². The van der Waals surface area contributed by atoms with Crippen molar-refractivity contribution in [1.82, 2.24) is 0 Å². The van der Waals surface area contributed by atoms with Gasteiger partial charge in [0.25, 0.3) is 0 Å². The zero-order chi connectivity index (χ0) is 10.4. The molecule has 4 nitrogen and oxygen atoms in total. The zero-order valence-electron chi connectivity index (χ0n) is 7.88. The lowest BCUT2D eigenvalue weighted by molar-refractivity contribution is -0.104. The molecule has 14 heavy (non-hydrogen) atoms. The summed E-state index contributed by atoms with van der Waals surface area (Å²) < 4.78 is 9.75. The van der Waals surface area contributed by atoms with Crippen LogP contribution in [-0.2, 0) is 14.3 Å². The first kappa shape index (κ1) is 10.5. The third-order valence-electron chi connectivity index (χ3n) is 1.85. The summed E-state index contributed by atoms with van der Waals surface area (Å²) in [6.45, 7) is 1.91. The fourth-order valence-corrected chi connectivity index (χ4v) is 1.17. The maximum absolute atomic E-state index is 10.8. The van der Waals surface area contributed by atoms with Crippen LogP contribution in [0.2, 0.25) is 0 Å². The first-order chi connectivity index (χ1) is 6.77. The number of aldehydes is 1. The summed E-state index contributed by atoms with van der Waals surface area (Å²) in [6.07, 6.45) is 6.47. The minimum Gasteiger partial charge on any atom is -0.427 e. The van der Waals surface area contributed by atoms with Crippen LogP contribution in [-0.4, -0.2) is 24.6 Å². The number of cyclic esters (lactones) is 2. The standard InChI is InChI=1S/C10H12O4/c1-2-8-9(14-10(12)13-8)6-4-3-5-7-11/h3-9H,2H2,1H3/b5-3+,6-4+/t8-,9-/m1/s1. The summed E-state index contributed by atoms with van der Waals surface area (Å²) >= 11 is 0. The quantitative estimate of drug-likeness (QED) is 0.296. The number of rotatable bonds is 4. The molecule has 0 unspecified atom stereocenters. The van der Waals surface area contributed by atoms with Crippen LogP contribution in [0.15, 0.2) is 24.3 Å². The molecule has 0 amide bonds. The van der Waals surface area contributed by atoms with E-state index < -0.39 is 6.16 Å². The second kappa shape index (κ2) is 5.21. The van der Waals surface area contributed by atoms with Gasteiger partial charge in [-0.2, -0.15) is 0 Å². The van der Waals surface area contributed by atoms with Gasteiger partial charge in [0, 0.05) is 0 Å². The fraction of sp³-hybridized carbons (Fsp3) is 0.400. The molecule has 0 aliphatic carbocycles. The SMILES string of the molecule is CC[C@H]1OC(=O)O[C@@H]1/C=C/C=C/C=O. The lowest BCUT2D eigenvalue weighted by Crippen LogP contribution is -2.18. The Hall–Kier alpha value is -1.58. The molecule has 1 aliphatic rings. The molecule has 2 atom stereocenters. The van der Waals surface area contributed by atoms with Gasteiger partial charge in [0.05, 0.1) is 0 Å². The molecule has 0 saturated carbocycles. The van der Waals surface area contributed by atoms with E-state index in [0.29, 0.717) is 12.7 Å². The Morgan fingerprint density at radius 3 is 2.71 bits per heavy atom. The molecule has 0 aromatic heterocycles. The molecule has 1 aliphatic heterocycles. The van der Waals surface area contributed by atoms with Gasteiger partial charge in [0.1, 0.15) is 12.4 Å². The van der Waals surface area contributed by atoms with Crippen LogP contribution >= 0.6 is 0 Å². The van der Waals surface area contributed by atoms with E-state index in [2.05, 4.69) is 0 Å². The second-order valence-corrected chi connectivity index (χ2v) is 2.80. The van der Waals surface area contributed by atoms with Crippen LogP contribution in [0.5, 0.6) is 0 Å². The van der Waals surface area contributed by atoms with Gasteiger partial charge in [-0.3, -0.25) is 4.79 Å². The maximum Gasteiger partial charge on any atom is 0.509 e. The van der Waals surface area contributed by atoms with Gasteiger partial charge in [-0.25, -0.2) is 4.79 Å². The molecule has 1 fully saturated rings. The number of carbonyl (C=O) groups is 2. The molecule has 0 bridgehead atoms. The van der Waals surface area contributed by atoms with Crippen LogP contribution in [0, 0.1) is 0 Å². The average molecular weight is 196 g/mol. The van der Waals surface area contributed by atoms with E-state index in [1.54, 1.807) is 18.2 Å². The minimum absolute atomic E-state index is 0.219. The Morgan fingerprint density at radius 2 is 2.07 bits per heavy atom. The maximum atomic E-state index is 10.8. The van der Waals surface area contributed by atoms with Crippen molar-refractivity contribution in [3.63, 3.8) is 0 Å². The lowest BCUT2D eigenvalue weighted by Gasteiger charge is -2.07. The van der Waals surface area contributed by atoms with Crippen LogP contribution in [0.25, 0.3) is 0 Å². The highest BCUT2D eigenvalue weighted by molar-refractivity contribution is 5.65. The van der Waals surface area contributed by atoms with Crippen molar-refractivity contribution in [3.8, 4) is 0 Å². The Balaban J connectivity index is 2.50. The summed E-state index contributed by atoms with van der Waals surface area (Å²) in [6, 6.07) is 0. The van der Waals surface area contributed by atoms with Gasteiger partial charge in [0.2, 0.25) is 0 Å². The van der Waals surface area contributed by atoms with Crippen molar-refractivity contribution in [2.75, 3.05) is 0 Å². The van der Waals surface area contributed by atoms with E-state index in [-0.39, 0.29) is 12.2 Å². The third-order valence-corrected chi connectivity index (χ3v) is 1.85. The van der Waals surface area contributed by atoms with E-state index in [4.69, 9.17) is 9.47 Å². The molecule has 0 aromatic carbocycles. The second-order valence-electron chi connectivity index (χ2n) is 2.80. The van der Waals surface area contributed by atoms with Crippen LogP contribution in [0.4, 0.5) is 4.79 Å². The van der Waals surface area contributed by atoms with Gasteiger partial charge in [-0.15, -0.1) is 0 Å². The van der Waals surface area contributed by atoms with E-state index >= 15 is 0 Å². The highest BCUT2D eigenvalue weighted by atomic mass is 16.8. The Labute approximate surface area is 82.2 Å². The van der Waals surface area contributed by atoms with Crippen LogP contribution in [0.3, 0.4) is 0 Å². The fourth-order valence-electron chi connectivity index (χ4n) is 1.17. The highest BCUT2D eigenvalue weighted by Crippen LogP contribution is 2.18. The van der Waals surface area contributed by atoms with Crippen molar-refractivity contribution in [2.45, 2.75) is 25.6 Å². The molecular weight excluding hydrogens is 184 g/mol. The van der Waals surface area contributed by atoms with Gasteiger partial charge >= 0.3 is 6.16 Å². The van der Waals surface area contributed by atoms with E-state index in [1.165, 1.54) is 6.08 Å². The summed E-state index contributed by atoms with van der Waals surface area (Å²) in [7, 11) is 0. The van der Waals surface area contributed by atoms with E-state index in [1.807, 2.05) is 6.92 Å². The minimum atomic E-state index is -0.633. The smallest absolute Gasteiger partial charge is 0.427 e. The first-order valence-corrected chi connectivity index (χ1v) is 4.43. The number of allylic oxidation sites excluding steroid dienone is 3. The normalized spacial score (nSPS) is 26.8. The zero-order valence-corrected chi connectivity index (χ0v) is 7.88. The molecule has 0 spiro atoms. The van der Waals surface area contributed by atoms with E-state index in [9.17, 15) is 9.59 Å². The number of carbonyl (C=O) groups excluding carboxylic acids is 2. The van der Waals surface area contributed by atoms with Gasteiger partial charge < -0.3 is 9.47 Å². The summed E-state index contributed by atoms with van der Waals surface area (Å²) in [5.41, 5.74) is 0. The van der Waals surface area contributed by atoms with Gasteiger partial charge in [-0.05, 0) is 18.6 Å². The largest absolute Gasteiger partial charge is 0.509 e. The van der Waals surface area contributed by atoms with Gasteiger partial charge in [-0.1, -0.05) is 19.1 Å². The Kier molecular flexibility index (Phi) is 3.91. The van der Waals surface area contributed by atoms with Crippen LogP contribution < -0.4 is 0 Å². The predicted molar refractivity (Wildman–Crippen MR) is 49.8 cm³/mol. The van der Waals surface area contributed by atoms with Crippen molar-refractivity contribution >= 4 is 12.4 Å².